The molecule has 0 radical (unpaired) electrons. The van der Waals surface area contributed by atoms with Crippen LogP contribution in [0.25, 0.3) is 0 Å². The number of aryl methyl sites for hydroxylation is 1. The Morgan fingerprint density at radius 2 is 1.83 bits per heavy atom. The summed E-state index contributed by atoms with van der Waals surface area (Å²) in [6.07, 6.45) is -4.80. The highest BCUT2D eigenvalue weighted by molar-refractivity contribution is 5.72. The highest BCUT2D eigenvalue weighted by Crippen LogP contribution is 2.29. The summed E-state index contributed by atoms with van der Waals surface area (Å²) in [5.41, 5.74) is 6.86. The van der Waals surface area contributed by atoms with Crippen LogP contribution in [-0.4, -0.2) is 20.9 Å². The second kappa shape index (κ2) is 8.76. The minimum Gasteiger partial charge on any atom is -0.457 e. The number of ether oxygens (including phenoxy) is 1. The maximum absolute atomic E-state index is 12.8. The van der Waals surface area contributed by atoms with E-state index in [1.54, 1.807) is 0 Å². The number of nitrogen functional groups attached to an aromatic ring is 1. The summed E-state index contributed by atoms with van der Waals surface area (Å²) in [4.78, 5) is 24.0. The van der Waals surface area contributed by atoms with Crippen LogP contribution in [-0.2, 0) is 28.7 Å². The Bertz CT molecular complexity index is 1040. The Morgan fingerprint density at radius 1 is 1.10 bits per heavy atom. The number of rotatable bonds is 6. The lowest BCUT2D eigenvalue weighted by molar-refractivity contribution is -0.144. The smallest absolute Gasteiger partial charge is 0.416 e. The number of carbonyl (C=O) groups is 1. The summed E-state index contributed by atoms with van der Waals surface area (Å²) >= 11 is 0. The molecule has 1 aromatic heterocycles. The second-order valence-corrected chi connectivity index (χ2v) is 6.46. The maximum atomic E-state index is 12.8. The number of aromatic nitrogens is 3. The summed E-state index contributed by atoms with van der Waals surface area (Å²) in [5.74, 6) is -0.505. The molecule has 3 aromatic rings. The number of nitrogens with one attached hydrogen (secondary N) is 1. The number of anilines is 3. The van der Waals surface area contributed by atoms with E-state index in [4.69, 9.17) is 10.5 Å². The van der Waals surface area contributed by atoms with E-state index in [0.717, 1.165) is 23.4 Å². The lowest BCUT2D eigenvalue weighted by atomic mass is 10.1. The Kier molecular flexibility index (Phi) is 6.14. The molecule has 0 saturated heterocycles. The van der Waals surface area contributed by atoms with Crippen LogP contribution >= 0.6 is 0 Å². The third-order valence-corrected chi connectivity index (χ3v) is 3.97. The first kappa shape index (κ1) is 21.0. The maximum Gasteiger partial charge on any atom is 0.416 e. The van der Waals surface area contributed by atoms with Crippen LogP contribution in [0, 0.1) is 6.92 Å². The summed E-state index contributed by atoms with van der Waals surface area (Å²) in [6.45, 7) is 1.66. The minimum absolute atomic E-state index is 0.0662. The Morgan fingerprint density at radius 3 is 2.53 bits per heavy atom. The van der Waals surface area contributed by atoms with Gasteiger partial charge in [-0.15, -0.1) is 0 Å². The standard InChI is InChI=1S/C20H18F3N5O2/c1-12-5-7-15(8-6-12)25-19-27-16(26-18(24)28-19)11-30-17(29)10-13-3-2-4-14(9-13)20(21,22)23/h2-9H,10-11H2,1H3,(H3,24,25,26,27,28). The van der Waals surface area contributed by atoms with Gasteiger partial charge in [0.25, 0.3) is 0 Å². The number of halogens is 3. The molecule has 156 valence electrons. The van der Waals surface area contributed by atoms with Gasteiger partial charge in [-0.3, -0.25) is 4.79 Å². The van der Waals surface area contributed by atoms with Gasteiger partial charge in [0.1, 0.15) is 0 Å². The van der Waals surface area contributed by atoms with E-state index in [-0.39, 0.29) is 36.3 Å². The van der Waals surface area contributed by atoms with Gasteiger partial charge < -0.3 is 15.8 Å². The number of esters is 1. The largest absolute Gasteiger partial charge is 0.457 e. The van der Waals surface area contributed by atoms with Crippen molar-refractivity contribution >= 4 is 23.6 Å². The highest BCUT2D eigenvalue weighted by atomic mass is 19.4. The lowest BCUT2D eigenvalue weighted by Crippen LogP contribution is -2.13. The summed E-state index contributed by atoms with van der Waals surface area (Å²) < 4.78 is 43.4. The van der Waals surface area contributed by atoms with Crippen molar-refractivity contribution in [3.05, 3.63) is 71.0 Å². The molecule has 1 heterocycles. The zero-order chi connectivity index (χ0) is 21.7. The molecule has 0 atom stereocenters. The predicted octanol–water partition coefficient (Wildman–Crippen LogP) is 3.81. The van der Waals surface area contributed by atoms with Gasteiger partial charge in [-0.2, -0.15) is 28.1 Å². The quantitative estimate of drug-likeness (QED) is 0.588. The van der Waals surface area contributed by atoms with Crippen molar-refractivity contribution in [1.82, 2.24) is 15.0 Å². The van der Waals surface area contributed by atoms with E-state index < -0.39 is 17.7 Å². The van der Waals surface area contributed by atoms with Crippen molar-refractivity contribution in [3.63, 3.8) is 0 Å². The molecule has 0 aliphatic heterocycles. The molecule has 0 unspecified atom stereocenters. The Balaban J connectivity index is 1.62. The molecule has 30 heavy (non-hydrogen) atoms. The minimum atomic E-state index is -4.48. The van der Waals surface area contributed by atoms with Gasteiger partial charge in [-0.1, -0.05) is 35.9 Å². The zero-order valence-electron chi connectivity index (χ0n) is 15.9. The molecular formula is C20H18F3N5O2. The first-order chi connectivity index (χ1) is 14.2. The van der Waals surface area contributed by atoms with Crippen molar-refractivity contribution in [2.75, 3.05) is 11.1 Å². The molecule has 7 nitrogen and oxygen atoms in total. The summed E-state index contributed by atoms with van der Waals surface area (Å²) in [5, 5.41) is 2.97. The molecule has 0 spiro atoms. The highest BCUT2D eigenvalue weighted by Gasteiger charge is 2.30. The monoisotopic (exact) mass is 417 g/mol. The van der Waals surface area contributed by atoms with Gasteiger partial charge in [0, 0.05) is 5.69 Å². The van der Waals surface area contributed by atoms with Gasteiger partial charge in [0.2, 0.25) is 11.9 Å². The molecule has 0 bridgehead atoms. The van der Waals surface area contributed by atoms with Crippen molar-refractivity contribution < 1.29 is 22.7 Å². The van der Waals surface area contributed by atoms with Crippen molar-refractivity contribution in [1.29, 1.82) is 0 Å². The van der Waals surface area contributed by atoms with E-state index in [2.05, 4.69) is 20.3 Å². The number of carbonyl (C=O) groups excluding carboxylic acids is 1. The Labute approximate surface area is 170 Å². The van der Waals surface area contributed by atoms with E-state index in [9.17, 15) is 18.0 Å². The van der Waals surface area contributed by atoms with Gasteiger partial charge in [-0.05, 0) is 30.7 Å². The fraction of sp³-hybridized carbons (Fsp3) is 0.200. The van der Waals surface area contributed by atoms with Crippen molar-refractivity contribution in [2.24, 2.45) is 0 Å². The van der Waals surface area contributed by atoms with Crippen LogP contribution in [0.5, 0.6) is 0 Å². The van der Waals surface area contributed by atoms with Crippen LogP contribution < -0.4 is 11.1 Å². The molecule has 0 amide bonds. The average Bonchev–Trinajstić information content (AvgIpc) is 2.67. The SMILES string of the molecule is Cc1ccc(Nc2nc(N)nc(COC(=O)Cc3cccc(C(F)(F)F)c3)n2)cc1. The molecule has 3 rings (SSSR count). The van der Waals surface area contributed by atoms with E-state index in [1.165, 1.54) is 12.1 Å². The van der Waals surface area contributed by atoms with Crippen LogP contribution in [0.4, 0.5) is 30.8 Å². The normalized spacial score (nSPS) is 11.2. The third-order valence-electron chi connectivity index (χ3n) is 3.97. The van der Waals surface area contributed by atoms with Crippen molar-refractivity contribution in [3.8, 4) is 0 Å². The fourth-order valence-corrected chi connectivity index (χ4v) is 2.54. The molecule has 0 aliphatic rings. The van der Waals surface area contributed by atoms with E-state index >= 15 is 0 Å². The van der Waals surface area contributed by atoms with Crippen LogP contribution in [0.15, 0.2) is 48.5 Å². The zero-order valence-corrected chi connectivity index (χ0v) is 15.9. The number of nitrogens with zero attached hydrogens (tertiary/aromatic N) is 3. The first-order valence-electron chi connectivity index (χ1n) is 8.85. The Hall–Kier alpha value is -3.69. The van der Waals surface area contributed by atoms with Gasteiger partial charge in [0.15, 0.2) is 12.4 Å². The van der Waals surface area contributed by atoms with Gasteiger partial charge in [0.05, 0.1) is 12.0 Å². The van der Waals surface area contributed by atoms with Crippen LogP contribution in [0.3, 0.4) is 0 Å². The molecule has 0 saturated carbocycles. The average molecular weight is 417 g/mol. The second-order valence-electron chi connectivity index (χ2n) is 6.46. The molecular weight excluding hydrogens is 399 g/mol. The number of benzene rings is 2. The third kappa shape index (κ3) is 5.90. The fourth-order valence-electron chi connectivity index (χ4n) is 2.54. The number of alkyl halides is 3. The molecule has 2 aromatic carbocycles. The lowest BCUT2D eigenvalue weighted by Gasteiger charge is -2.09. The summed E-state index contributed by atoms with van der Waals surface area (Å²) in [7, 11) is 0. The number of nitrogens with two attached hydrogens (primary N) is 1. The van der Waals surface area contributed by atoms with Crippen molar-refractivity contribution in [2.45, 2.75) is 26.1 Å². The molecule has 0 fully saturated rings. The van der Waals surface area contributed by atoms with E-state index in [1.807, 2.05) is 31.2 Å². The van der Waals surface area contributed by atoms with Crippen LogP contribution in [0.2, 0.25) is 0 Å². The molecule has 3 N–H and O–H groups in total. The van der Waals surface area contributed by atoms with E-state index in [0.29, 0.717) is 0 Å². The first-order valence-corrected chi connectivity index (χ1v) is 8.85. The summed E-state index contributed by atoms with van der Waals surface area (Å²) in [6, 6.07) is 12.0. The molecule has 0 aliphatic carbocycles. The van der Waals surface area contributed by atoms with Crippen LogP contribution in [0.1, 0.15) is 22.5 Å². The number of hydrogen-bond donors (Lipinski definition) is 2. The number of hydrogen-bond acceptors (Lipinski definition) is 7. The van der Waals surface area contributed by atoms with Gasteiger partial charge in [-0.25, -0.2) is 0 Å². The topological polar surface area (TPSA) is 103 Å². The van der Waals surface area contributed by atoms with Gasteiger partial charge >= 0.3 is 12.1 Å². The predicted molar refractivity (Wildman–Crippen MR) is 104 cm³/mol. The molecule has 10 heteroatoms.